The molecule has 7 nitrogen and oxygen atoms in total. The number of carbonyl (C=O) groups is 1. The van der Waals surface area contributed by atoms with Gasteiger partial charge in [0.15, 0.2) is 0 Å². The number of nitrogens with zero attached hydrogens (tertiary/aromatic N) is 4. The molecular formula is C20H24ClN5O2. The quantitative estimate of drug-likeness (QED) is 0.809. The molecule has 2 N–H and O–H groups in total. The minimum absolute atomic E-state index is 0.00141. The summed E-state index contributed by atoms with van der Waals surface area (Å²) >= 11 is 5.90. The fourth-order valence-electron chi connectivity index (χ4n) is 3.94. The Bertz CT molecular complexity index is 796. The Morgan fingerprint density at radius 1 is 1.14 bits per heavy atom. The van der Waals surface area contributed by atoms with Gasteiger partial charge in [-0.1, -0.05) is 11.6 Å². The van der Waals surface area contributed by atoms with Crippen LogP contribution in [0.5, 0.6) is 0 Å². The van der Waals surface area contributed by atoms with Gasteiger partial charge >= 0.3 is 0 Å². The number of likely N-dealkylation sites (tertiary alicyclic amines) is 1. The Balaban J connectivity index is 1.28. The molecule has 4 rings (SSSR count). The maximum absolute atomic E-state index is 12.6. The SMILES string of the molecule is O=C(c1ccc(Cl)cc1)N1CCC(NC2CN(c3ccncn3)C[C@H]2O)CC1. The minimum Gasteiger partial charge on any atom is -0.390 e. The standard InChI is InChI=1S/C20H24ClN5O2/c21-15-3-1-14(2-4-15)20(28)25-9-6-16(7-10-25)24-17-11-26(12-18(17)27)19-5-8-22-13-23-19/h1-5,8,13,16-18,24,27H,6-7,9-12H2/t17?,18-/m1/s1. The molecule has 0 radical (unpaired) electrons. The highest BCUT2D eigenvalue weighted by Gasteiger charge is 2.34. The summed E-state index contributed by atoms with van der Waals surface area (Å²) in [5.41, 5.74) is 0.669. The van der Waals surface area contributed by atoms with Crippen LogP contribution < -0.4 is 10.2 Å². The average molecular weight is 402 g/mol. The smallest absolute Gasteiger partial charge is 0.253 e. The summed E-state index contributed by atoms with van der Waals surface area (Å²) < 4.78 is 0. The summed E-state index contributed by atoms with van der Waals surface area (Å²) in [6.45, 7) is 2.68. The Kier molecular flexibility index (Phi) is 5.75. The number of aliphatic hydroxyl groups is 1. The van der Waals surface area contributed by atoms with Crippen molar-refractivity contribution >= 4 is 23.3 Å². The third kappa shape index (κ3) is 4.27. The van der Waals surface area contributed by atoms with Crippen molar-refractivity contribution in [1.29, 1.82) is 0 Å². The lowest BCUT2D eigenvalue weighted by molar-refractivity contribution is 0.0691. The maximum Gasteiger partial charge on any atom is 0.253 e. The molecule has 1 unspecified atom stereocenters. The summed E-state index contributed by atoms with van der Waals surface area (Å²) in [7, 11) is 0. The number of anilines is 1. The number of piperidine rings is 1. The van der Waals surface area contributed by atoms with Crippen LogP contribution >= 0.6 is 11.6 Å². The Labute approximate surface area is 169 Å². The van der Waals surface area contributed by atoms with E-state index in [-0.39, 0.29) is 11.9 Å². The zero-order valence-electron chi connectivity index (χ0n) is 15.5. The summed E-state index contributed by atoms with van der Waals surface area (Å²) in [6, 6.07) is 9.17. The van der Waals surface area contributed by atoms with Crippen LogP contribution in [0.1, 0.15) is 23.2 Å². The molecule has 2 aromatic rings. The van der Waals surface area contributed by atoms with Crippen molar-refractivity contribution in [2.24, 2.45) is 0 Å². The molecule has 3 heterocycles. The Morgan fingerprint density at radius 3 is 2.57 bits per heavy atom. The molecule has 148 valence electrons. The first-order valence-electron chi connectivity index (χ1n) is 9.60. The Morgan fingerprint density at radius 2 is 1.89 bits per heavy atom. The monoisotopic (exact) mass is 401 g/mol. The van der Waals surface area contributed by atoms with Gasteiger partial charge in [0.1, 0.15) is 12.1 Å². The number of rotatable bonds is 4. The first kappa shape index (κ1) is 19.1. The fourth-order valence-corrected chi connectivity index (χ4v) is 4.06. The summed E-state index contributed by atoms with van der Waals surface area (Å²) in [4.78, 5) is 24.8. The normalized spacial score (nSPS) is 23.2. The molecule has 0 bridgehead atoms. The second-order valence-corrected chi connectivity index (χ2v) is 7.82. The largest absolute Gasteiger partial charge is 0.390 e. The molecular weight excluding hydrogens is 378 g/mol. The van der Waals surface area contributed by atoms with Gasteiger partial charge in [0.2, 0.25) is 0 Å². The topological polar surface area (TPSA) is 81.6 Å². The van der Waals surface area contributed by atoms with Crippen LogP contribution in [-0.4, -0.2) is 70.2 Å². The average Bonchev–Trinajstić information content (AvgIpc) is 3.10. The lowest BCUT2D eigenvalue weighted by Crippen LogP contribution is -2.50. The van der Waals surface area contributed by atoms with Gasteiger partial charge < -0.3 is 20.2 Å². The molecule has 8 heteroatoms. The Hall–Kier alpha value is -2.22. The van der Waals surface area contributed by atoms with Crippen LogP contribution in [-0.2, 0) is 0 Å². The number of carbonyl (C=O) groups excluding carboxylic acids is 1. The molecule has 0 saturated carbocycles. The van der Waals surface area contributed by atoms with E-state index in [1.54, 1.807) is 30.5 Å². The minimum atomic E-state index is -0.441. The van der Waals surface area contributed by atoms with Crippen molar-refractivity contribution in [2.75, 3.05) is 31.1 Å². The van der Waals surface area contributed by atoms with Crippen LogP contribution in [0.25, 0.3) is 0 Å². The van der Waals surface area contributed by atoms with E-state index in [0.717, 1.165) is 18.7 Å². The number of aliphatic hydroxyl groups excluding tert-OH is 1. The molecule has 1 aromatic carbocycles. The fraction of sp³-hybridized carbons (Fsp3) is 0.450. The lowest BCUT2D eigenvalue weighted by Gasteiger charge is -2.34. The van der Waals surface area contributed by atoms with E-state index in [1.807, 2.05) is 11.0 Å². The van der Waals surface area contributed by atoms with Crippen LogP contribution in [0, 0.1) is 0 Å². The number of amides is 1. The van der Waals surface area contributed by atoms with Gasteiger partial charge in [-0.3, -0.25) is 4.79 Å². The number of β-amino-alcohol motifs (C(OH)–C–C–N with tert-alkyl or cyclic N) is 1. The lowest BCUT2D eigenvalue weighted by atomic mass is 10.0. The molecule has 2 saturated heterocycles. The van der Waals surface area contributed by atoms with Crippen LogP contribution in [0.4, 0.5) is 5.82 Å². The van der Waals surface area contributed by atoms with E-state index in [9.17, 15) is 9.90 Å². The molecule has 0 spiro atoms. The third-order valence-electron chi connectivity index (χ3n) is 5.50. The van der Waals surface area contributed by atoms with Crippen LogP contribution in [0.15, 0.2) is 42.9 Å². The highest BCUT2D eigenvalue weighted by molar-refractivity contribution is 6.30. The number of aromatic nitrogens is 2. The zero-order valence-corrected chi connectivity index (χ0v) is 16.3. The van der Waals surface area contributed by atoms with E-state index in [1.165, 1.54) is 6.33 Å². The molecule has 1 aromatic heterocycles. The highest BCUT2D eigenvalue weighted by atomic mass is 35.5. The van der Waals surface area contributed by atoms with Gasteiger partial charge in [0.05, 0.1) is 12.1 Å². The van der Waals surface area contributed by atoms with E-state index < -0.39 is 6.10 Å². The molecule has 2 fully saturated rings. The predicted octanol–water partition coefficient (Wildman–Crippen LogP) is 1.57. The van der Waals surface area contributed by atoms with Crippen molar-refractivity contribution < 1.29 is 9.90 Å². The highest BCUT2D eigenvalue weighted by Crippen LogP contribution is 2.21. The summed E-state index contributed by atoms with van der Waals surface area (Å²) in [6.07, 6.45) is 4.54. The molecule has 2 aliphatic rings. The van der Waals surface area contributed by atoms with Crippen molar-refractivity contribution in [3.05, 3.63) is 53.4 Å². The van der Waals surface area contributed by atoms with Crippen molar-refractivity contribution in [3.8, 4) is 0 Å². The van der Waals surface area contributed by atoms with Crippen LogP contribution in [0.2, 0.25) is 5.02 Å². The van der Waals surface area contributed by atoms with Gasteiger partial charge in [-0.05, 0) is 43.2 Å². The number of benzene rings is 1. The number of hydrogen-bond acceptors (Lipinski definition) is 6. The first-order chi connectivity index (χ1) is 13.6. The van der Waals surface area contributed by atoms with E-state index >= 15 is 0 Å². The number of hydrogen-bond donors (Lipinski definition) is 2. The molecule has 28 heavy (non-hydrogen) atoms. The molecule has 1 amide bonds. The van der Waals surface area contributed by atoms with E-state index in [2.05, 4.69) is 20.2 Å². The van der Waals surface area contributed by atoms with Gasteiger partial charge in [-0.2, -0.15) is 0 Å². The molecule has 0 aliphatic carbocycles. The second kappa shape index (κ2) is 8.43. The number of nitrogens with one attached hydrogen (secondary N) is 1. The van der Waals surface area contributed by atoms with Crippen molar-refractivity contribution in [2.45, 2.75) is 31.0 Å². The van der Waals surface area contributed by atoms with Crippen LogP contribution in [0.3, 0.4) is 0 Å². The summed E-state index contributed by atoms with van der Waals surface area (Å²) in [5.74, 6) is 0.882. The van der Waals surface area contributed by atoms with E-state index in [4.69, 9.17) is 11.6 Å². The van der Waals surface area contributed by atoms with Gasteiger partial charge in [0, 0.05) is 49.0 Å². The van der Waals surface area contributed by atoms with Crippen molar-refractivity contribution in [3.63, 3.8) is 0 Å². The summed E-state index contributed by atoms with van der Waals surface area (Å²) in [5, 5.41) is 14.7. The molecule has 2 atom stereocenters. The van der Waals surface area contributed by atoms with Crippen molar-refractivity contribution in [1.82, 2.24) is 20.2 Å². The third-order valence-corrected chi connectivity index (χ3v) is 5.75. The number of halogens is 1. The van der Waals surface area contributed by atoms with Gasteiger partial charge in [0.25, 0.3) is 5.91 Å². The predicted molar refractivity (Wildman–Crippen MR) is 108 cm³/mol. The maximum atomic E-state index is 12.6. The van der Waals surface area contributed by atoms with E-state index in [0.29, 0.717) is 42.8 Å². The van der Waals surface area contributed by atoms with Gasteiger partial charge in [-0.25, -0.2) is 9.97 Å². The van der Waals surface area contributed by atoms with Gasteiger partial charge in [-0.15, -0.1) is 0 Å². The molecule has 2 aliphatic heterocycles. The zero-order chi connectivity index (χ0) is 19.5. The second-order valence-electron chi connectivity index (χ2n) is 7.39. The first-order valence-corrected chi connectivity index (χ1v) is 9.98.